The van der Waals surface area contributed by atoms with Crippen molar-refractivity contribution in [2.75, 3.05) is 13.3 Å². The molecule has 0 radical (unpaired) electrons. The van der Waals surface area contributed by atoms with E-state index in [-0.39, 0.29) is 28.9 Å². The van der Waals surface area contributed by atoms with Crippen LogP contribution in [0.3, 0.4) is 0 Å². The molecule has 0 N–H and O–H groups in total. The van der Waals surface area contributed by atoms with E-state index >= 15 is 0 Å². The maximum atomic E-state index is 12.4. The fraction of sp³-hybridized carbons (Fsp3) is 0.294. The molecule has 24 heavy (non-hydrogen) atoms. The van der Waals surface area contributed by atoms with Gasteiger partial charge in [0, 0.05) is 25.6 Å². The largest absolute Gasteiger partial charge is 0.337 e. The Labute approximate surface area is 141 Å². The molecule has 0 bridgehead atoms. The normalized spacial score (nSPS) is 12.6. The van der Waals surface area contributed by atoms with E-state index in [1.165, 1.54) is 27.7 Å². The zero-order chi connectivity index (χ0) is 17.9. The van der Waals surface area contributed by atoms with Crippen molar-refractivity contribution in [3.63, 3.8) is 0 Å². The number of rotatable bonds is 5. The van der Waals surface area contributed by atoms with Gasteiger partial charge in [0.15, 0.2) is 9.84 Å². The second-order valence-corrected chi connectivity index (χ2v) is 7.70. The van der Waals surface area contributed by atoms with Gasteiger partial charge in [-0.15, -0.1) is 0 Å². The highest BCUT2D eigenvalue weighted by Crippen LogP contribution is 2.21. The van der Waals surface area contributed by atoms with Crippen LogP contribution in [0, 0.1) is 0 Å². The number of sulfone groups is 1. The maximum absolute atomic E-state index is 12.4. The van der Waals surface area contributed by atoms with Crippen molar-refractivity contribution < 1.29 is 13.2 Å². The summed E-state index contributed by atoms with van der Waals surface area (Å²) >= 11 is 0. The Morgan fingerprint density at radius 2 is 1.79 bits per heavy atom. The number of amides is 1. The summed E-state index contributed by atoms with van der Waals surface area (Å²) in [4.78, 5) is 25.8. The minimum Gasteiger partial charge on any atom is -0.337 e. The number of pyridine rings is 1. The summed E-state index contributed by atoms with van der Waals surface area (Å²) in [6, 6.07) is 10.9. The molecule has 1 unspecified atom stereocenters. The van der Waals surface area contributed by atoms with Crippen molar-refractivity contribution >= 4 is 15.7 Å². The fourth-order valence-corrected chi connectivity index (χ4v) is 2.91. The number of likely N-dealkylation sites (N-methyl/N-ethyl adjacent to an activating group) is 1. The van der Waals surface area contributed by atoms with Crippen LogP contribution < -0.4 is 5.56 Å². The van der Waals surface area contributed by atoms with Gasteiger partial charge in [0.05, 0.1) is 10.9 Å². The van der Waals surface area contributed by atoms with E-state index in [2.05, 4.69) is 0 Å². The van der Waals surface area contributed by atoms with Gasteiger partial charge in [0.2, 0.25) is 5.91 Å². The molecule has 0 aliphatic heterocycles. The molecular weight excluding hydrogens is 328 g/mol. The summed E-state index contributed by atoms with van der Waals surface area (Å²) in [7, 11) is -1.59. The number of aromatic nitrogens is 1. The van der Waals surface area contributed by atoms with Crippen molar-refractivity contribution in [2.24, 2.45) is 0 Å². The van der Waals surface area contributed by atoms with Gasteiger partial charge in [-0.05, 0) is 30.7 Å². The molecule has 6 nitrogen and oxygen atoms in total. The van der Waals surface area contributed by atoms with Crippen molar-refractivity contribution in [2.45, 2.75) is 24.4 Å². The first kappa shape index (κ1) is 17.9. The molecule has 128 valence electrons. The standard InChI is InChI=1S/C17H20N2O4S/c1-13(14-7-9-15(10-8-14)24(3,22)23)18(2)17(21)12-19-11-5-4-6-16(19)20/h4-11,13H,12H2,1-3H3. The van der Waals surface area contributed by atoms with Crippen LogP contribution in [0.2, 0.25) is 0 Å². The second-order valence-electron chi connectivity index (χ2n) is 5.69. The number of nitrogens with zero attached hydrogens (tertiary/aromatic N) is 2. The third-order valence-electron chi connectivity index (χ3n) is 3.97. The fourth-order valence-electron chi connectivity index (χ4n) is 2.28. The number of carbonyl (C=O) groups is 1. The average Bonchev–Trinajstić information content (AvgIpc) is 2.55. The van der Waals surface area contributed by atoms with E-state index in [4.69, 9.17) is 0 Å². The van der Waals surface area contributed by atoms with Crippen LogP contribution in [0.1, 0.15) is 18.5 Å². The highest BCUT2D eigenvalue weighted by Gasteiger charge is 2.18. The van der Waals surface area contributed by atoms with E-state index in [0.717, 1.165) is 11.8 Å². The predicted molar refractivity (Wildman–Crippen MR) is 91.4 cm³/mol. The van der Waals surface area contributed by atoms with Gasteiger partial charge in [-0.3, -0.25) is 9.59 Å². The van der Waals surface area contributed by atoms with Crippen molar-refractivity contribution in [3.8, 4) is 0 Å². The molecule has 0 fully saturated rings. The zero-order valence-electron chi connectivity index (χ0n) is 13.8. The van der Waals surface area contributed by atoms with Crippen LogP contribution in [0.15, 0.2) is 58.4 Å². The van der Waals surface area contributed by atoms with Crippen molar-refractivity contribution in [1.82, 2.24) is 9.47 Å². The highest BCUT2D eigenvalue weighted by atomic mass is 32.2. The lowest BCUT2D eigenvalue weighted by atomic mass is 10.1. The SMILES string of the molecule is CC(c1ccc(S(C)(=O)=O)cc1)N(C)C(=O)Cn1ccccc1=O. The van der Waals surface area contributed by atoms with E-state index in [0.29, 0.717) is 0 Å². The van der Waals surface area contributed by atoms with Gasteiger partial charge in [-0.1, -0.05) is 18.2 Å². The third kappa shape index (κ3) is 4.11. The smallest absolute Gasteiger partial charge is 0.250 e. The van der Waals surface area contributed by atoms with Crippen LogP contribution in [-0.2, 0) is 21.2 Å². The molecule has 0 saturated carbocycles. The van der Waals surface area contributed by atoms with E-state index in [1.807, 2.05) is 6.92 Å². The molecule has 1 amide bonds. The van der Waals surface area contributed by atoms with Gasteiger partial charge in [-0.25, -0.2) is 8.42 Å². The second kappa shape index (κ2) is 7.00. The molecule has 0 saturated heterocycles. The van der Waals surface area contributed by atoms with E-state index in [9.17, 15) is 18.0 Å². The number of hydrogen-bond acceptors (Lipinski definition) is 4. The first-order chi connectivity index (χ1) is 11.2. The monoisotopic (exact) mass is 348 g/mol. The van der Waals surface area contributed by atoms with Gasteiger partial charge in [0.1, 0.15) is 6.54 Å². The lowest BCUT2D eigenvalue weighted by Gasteiger charge is -2.25. The van der Waals surface area contributed by atoms with Gasteiger partial charge < -0.3 is 9.47 Å². The van der Waals surface area contributed by atoms with E-state index < -0.39 is 9.84 Å². The van der Waals surface area contributed by atoms with Gasteiger partial charge >= 0.3 is 0 Å². The van der Waals surface area contributed by atoms with Crippen LogP contribution in [0.4, 0.5) is 0 Å². The summed E-state index contributed by atoms with van der Waals surface area (Å²) in [5.41, 5.74) is 0.586. The lowest BCUT2D eigenvalue weighted by molar-refractivity contribution is -0.132. The van der Waals surface area contributed by atoms with Crippen molar-refractivity contribution in [3.05, 3.63) is 64.6 Å². The molecule has 0 spiro atoms. The number of benzene rings is 1. The first-order valence-corrected chi connectivity index (χ1v) is 9.30. The molecule has 0 aliphatic rings. The topological polar surface area (TPSA) is 76.5 Å². The molecular formula is C17H20N2O4S. The Morgan fingerprint density at radius 3 is 2.33 bits per heavy atom. The molecule has 1 heterocycles. The number of hydrogen-bond donors (Lipinski definition) is 0. The quantitative estimate of drug-likeness (QED) is 0.820. The maximum Gasteiger partial charge on any atom is 0.250 e. The van der Waals surface area contributed by atoms with Crippen LogP contribution in [0.25, 0.3) is 0 Å². The Kier molecular flexibility index (Phi) is 5.23. The predicted octanol–water partition coefficient (Wildman–Crippen LogP) is 1.47. The summed E-state index contributed by atoms with van der Waals surface area (Å²) in [5.74, 6) is -0.206. The van der Waals surface area contributed by atoms with Crippen LogP contribution >= 0.6 is 0 Å². The van der Waals surface area contributed by atoms with Gasteiger partial charge in [0.25, 0.3) is 5.56 Å². The third-order valence-corrected chi connectivity index (χ3v) is 5.10. The Hall–Kier alpha value is -2.41. The summed E-state index contributed by atoms with van der Waals surface area (Å²) in [5, 5.41) is 0. The average molecular weight is 348 g/mol. The highest BCUT2D eigenvalue weighted by molar-refractivity contribution is 7.90. The minimum absolute atomic E-state index is 0.0397. The molecule has 2 rings (SSSR count). The summed E-state index contributed by atoms with van der Waals surface area (Å²) < 4.78 is 24.3. The van der Waals surface area contributed by atoms with Crippen LogP contribution in [0.5, 0.6) is 0 Å². The Balaban J connectivity index is 2.14. The zero-order valence-corrected chi connectivity index (χ0v) is 14.7. The Morgan fingerprint density at radius 1 is 1.17 bits per heavy atom. The Bertz CT molecular complexity index is 885. The molecule has 1 aromatic heterocycles. The molecule has 0 aliphatic carbocycles. The molecule has 2 aromatic rings. The summed E-state index contributed by atoms with van der Waals surface area (Å²) in [6.07, 6.45) is 2.72. The molecule has 1 atom stereocenters. The summed E-state index contributed by atoms with van der Waals surface area (Å²) in [6.45, 7) is 1.81. The lowest BCUT2D eigenvalue weighted by Crippen LogP contribution is -2.35. The number of carbonyl (C=O) groups excluding carboxylic acids is 1. The molecule has 1 aromatic carbocycles. The van der Waals surface area contributed by atoms with Gasteiger partial charge in [-0.2, -0.15) is 0 Å². The first-order valence-electron chi connectivity index (χ1n) is 7.41. The molecule has 7 heteroatoms. The van der Waals surface area contributed by atoms with Crippen molar-refractivity contribution in [1.29, 1.82) is 0 Å². The van der Waals surface area contributed by atoms with E-state index in [1.54, 1.807) is 37.5 Å². The van der Waals surface area contributed by atoms with Crippen LogP contribution in [-0.4, -0.2) is 37.1 Å². The minimum atomic E-state index is -3.25.